The second-order valence-electron chi connectivity index (χ2n) is 6.81. The van der Waals surface area contributed by atoms with Crippen LogP contribution in [0, 0.1) is 18.3 Å². The molecule has 0 N–H and O–H groups in total. The van der Waals surface area contributed by atoms with Crippen LogP contribution in [0.2, 0.25) is 0 Å². The Hall–Kier alpha value is -3.91. The Kier molecular flexibility index (Phi) is 6.96. The van der Waals surface area contributed by atoms with Crippen molar-refractivity contribution in [3.63, 3.8) is 0 Å². The van der Waals surface area contributed by atoms with Gasteiger partial charge in [0.25, 0.3) is 5.91 Å². The highest BCUT2D eigenvalue weighted by atomic mass is 16.5. The van der Waals surface area contributed by atoms with Gasteiger partial charge in [-0.1, -0.05) is 60.2 Å². The molecule has 0 aliphatic heterocycles. The fourth-order valence-electron chi connectivity index (χ4n) is 3.00. The van der Waals surface area contributed by atoms with Gasteiger partial charge in [-0.05, 0) is 42.3 Å². The smallest absolute Gasteiger partial charge is 0.338 e. The van der Waals surface area contributed by atoms with E-state index in [2.05, 4.69) is 0 Å². The average Bonchev–Trinajstić information content (AvgIpc) is 2.79. The molecule has 0 unspecified atom stereocenters. The number of amides is 1. The van der Waals surface area contributed by atoms with Gasteiger partial charge >= 0.3 is 5.97 Å². The van der Waals surface area contributed by atoms with Crippen molar-refractivity contribution in [1.82, 2.24) is 0 Å². The lowest BCUT2D eigenvalue weighted by molar-refractivity contribution is -0.121. The molecule has 0 radical (unpaired) electrons. The van der Waals surface area contributed by atoms with Crippen molar-refractivity contribution in [2.45, 2.75) is 13.3 Å². The van der Waals surface area contributed by atoms with E-state index in [1.165, 1.54) is 4.90 Å². The van der Waals surface area contributed by atoms with Crippen LogP contribution in [0.4, 0.5) is 5.69 Å². The SMILES string of the molecule is Cc1ccc(N(CCC#N)C(=O)COC(=O)c2ccc(-c3ccccc3)cc2)cc1. The van der Waals surface area contributed by atoms with Crippen LogP contribution < -0.4 is 4.90 Å². The number of anilines is 1. The van der Waals surface area contributed by atoms with Crippen molar-refractivity contribution >= 4 is 17.6 Å². The lowest BCUT2D eigenvalue weighted by Crippen LogP contribution is -2.35. The molecule has 30 heavy (non-hydrogen) atoms. The minimum Gasteiger partial charge on any atom is -0.452 e. The number of benzene rings is 3. The summed E-state index contributed by atoms with van der Waals surface area (Å²) in [6, 6.07) is 26.4. The summed E-state index contributed by atoms with van der Waals surface area (Å²) >= 11 is 0. The normalized spacial score (nSPS) is 10.1. The predicted octanol–water partition coefficient (Wildman–Crippen LogP) is 4.77. The number of nitriles is 1. The average molecular weight is 398 g/mol. The number of carbonyl (C=O) groups is 2. The van der Waals surface area contributed by atoms with Gasteiger partial charge in [-0.25, -0.2) is 4.79 Å². The lowest BCUT2D eigenvalue weighted by atomic mass is 10.0. The highest BCUT2D eigenvalue weighted by Crippen LogP contribution is 2.20. The first-order valence-corrected chi connectivity index (χ1v) is 9.65. The zero-order valence-corrected chi connectivity index (χ0v) is 16.7. The molecule has 0 aromatic heterocycles. The maximum Gasteiger partial charge on any atom is 0.338 e. The van der Waals surface area contributed by atoms with E-state index >= 15 is 0 Å². The van der Waals surface area contributed by atoms with Crippen LogP contribution in [0.25, 0.3) is 11.1 Å². The molecule has 5 heteroatoms. The van der Waals surface area contributed by atoms with Gasteiger partial charge in [-0.3, -0.25) is 4.79 Å². The van der Waals surface area contributed by atoms with E-state index in [1.807, 2.05) is 79.7 Å². The molecule has 0 aliphatic carbocycles. The van der Waals surface area contributed by atoms with Crippen LogP contribution in [0.3, 0.4) is 0 Å². The first-order valence-electron chi connectivity index (χ1n) is 9.65. The van der Waals surface area contributed by atoms with Crippen molar-refractivity contribution in [3.05, 3.63) is 90.0 Å². The molecule has 0 fully saturated rings. The van der Waals surface area contributed by atoms with Crippen molar-refractivity contribution in [2.75, 3.05) is 18.1 Å². The van der Waals surface area contributed by atoms with Gasteiger partial charge in [0.15, 0.2) is 6.61 Å². The van der Waals surface area contributed by atoms with Crippen LogP contribution in [0.5, 0.6) is 0 Å². The molecule has 3 aromatic rings. The summed E-state index contributed by atoms with van der Waals surface area (Å²) in [6.45, 7) is 1.80. The largest absolute Gasteiger partial charge is 0.452 e. The fraction of sp³-hybridized carbons (Fsp3) is 0.160. The van der Waals surface area contributed by atoms with Crippen LogP contribution in [-0.4, -0.2) is 25.0 Å². The molecule has 0 atom stereocenters. The lowest BCUT2D eigenvalue weighted by Gasteiger charge is -2.21. The Morgan fingerprint density at radius 2 is 1.53 bits per heavy atom. The quantitative estimate of drug-likeness (QED) is 0.538. The molecule has 0 saturated heterocycles. The summed E-state index contributed by atoms with van der Waals surface area (Å²) in [5, 5.41) is 8.89. The number of ether oxygens (including phenoxy) is 1. The minimum absolute atomic E-state index is 0.189. The van der Waals surface area contributed by atoms with Gasteiger partial charge < -0.3 is 9.64 Å². The summed E-state index contributed by atoms with van der Waals surface area (Å²) < 4.78 is 5.23. The Balaban J connectivity index is 1.64. The molecule has 3 rings (SSSR count). The fourth-order valence-corrected chi connectivity index (χ4v) is 3.00. The second kappa shape index (κ2) is 10.0. The number of hydrogen-bond acceptors (Lipinski definition) is 4. The summed E-state index contributed by atoms with van der Waals surface area (Å²) in [5.74, 6) is -0.935. The Bertz CT molecular complexity index is 1040. The first kappa shape index (κ1) is 20.8. The number of rotatable bonds is 7. The van der Waals surface area contributed by atoms with Crippen LogP contribution in [0.1, 0.15) is 22.3 Å². The standard InChI is InChI=1S/C25H22N2O3/c1-19-8-14-23(15-9-19)27(17-5-16-26)24(28)18-30-25(29)22-12-10-21(11-13-22)20-6-3-2-4-7-20/h2-4,6-15H,5,17-18H2,1H3. The Morgan fingerprint density at radius 3 is 2.17 bits per heavy atom. The molecule has 1 amide bonds. The third-order valence-electron chi connectivity index (χ3n) is 4.65. The maximum absolute atomic E-state index is 12.6. The molecule has 0 aliphatic rings. The van der Waals surface area contributed by atoms with Gasteiger partial charge in [0.2, 0.25) is 0 Å². The predicted molar refractivity (Wildman–Crippen MR) is 116 cm³/mol. The van der Waals surface area contributed by atoms with Gasteiger partial charge in [0, 0.05) is 12.2 Å². The molecule has 3 aromatic carbocycles. The van der Waals surface area contributed by atoms with E-state index in [0.29, 0.717) is 11.3 Å². The van der Waals surface area contributed by atoms with E-state index in [4.69, 9.17) is 10.00 Å². The van der Waals surface area contributed by atoms with Crippen LogP contribution >= 0.6 is 0 Å². The molecule has 0 saturated carbocycles. The highest BCUT2D eigenvalue weighted by molar-refractivity contribution is 5.97. The van der Waals surface area contributed by atoms with Gasteiger partial charge in [-0.2, -0.15) is 5.26 Å². The van der Waals surface area contributed by atoms with Crippen LogP contribution in [-0.2, 0) is 9.53 Å². The summed E-state index contributed by atoms with van der Waals surface area (Å²) in [4.78, 5) is 26.5. The summed E-state index contributed by atoms with van der Waals surface area (Å²) in [5.41, 5.74) is 4.16. The topological polar surface area (TPSA) is 70.4 Å². The van der Waals surface area contributed by atoms with E-state index in [-0.39, 0.29) is 18.9 Å². The number of aryl methyl sites for hydroxylation is 1. The van der Waals surface area contributed by atoms with E-state index < -0.39 is 12.6 Å². The van der Waals surface area contributed by atoms with E-state index in [9.17, 15) is 9.59 Å². The Morgan fingerprint density at radius 1 is 0.900 bits per heavy atom. The number of esters is 1. The van der Waals surface area contributed by atoms with E-state index in [1.54, 1.807) is 12.1 Å². The summed E-state index contributed by atoms with van der Waals surface area (Å²) in [7, 11) is 0. The zero-order valence-electron chi connectivity index (χ0n) is 16.7. The second-order valence-corrected chi connectivity index (χ2v) is 6.81. The molecular formula is C25H22N2O3. The van der Waals surface area contributed by atoms with Gasteiger partial charge in [0.05, 0.1) is 18.1 Å². The highest BCUT2D eigenvalue weighted by Gasteiger charge is 2.18. The number of nitrogens with zero attached hydrogens (tertiary/aromatic N) is 2. The van der Waals surface area contributed by atoms with Crippen molar-refractivity contribution in [1.29, 1.82) is 5.26 Å². The van der Waals surface area contributed by atoms with Crippen molar-refractivity contribution in [2.24, 2.45) is 0 Å². The van der Waals surface area contributed by atoms with Crippen LogP contribution in [0.15, 0.2) is 78.9 Å². The molecule has 5 nitrogen and oxygen atoms in total. The third kappa shape index (κ3) is 5.33. The molecule has 0 bridgehead atoms. The summed E-state index contributed by atoms with van der Waals surface area (Å²) in [6.07, 6.45) is 0.189. The third-order valence-corrected chi connectivity index (χ3v) is 4.65. The monoisotopic (exact) mass is 398 g/mol. The Labute approximate surface area is 176 Å². The van der Waals surface area contributed by atoms with Crippen molar-refractivity contribution < 1.29 is 14.3 Å². The van der Waals surface area contributed by atoms with Crippen molar-refractivity contribution in [3.8, 4) is 17.2 Å². The number of hydrogen-bond donors (Lipinski definition) is 0. The minimum atomic E-state index is -0.563. The first-order chi connectivity index (χ1) is 14.6. The van der Waals surface area contributed by atoms with E-state index in [0.717, 1.165) is 16.7 Å². The number of carbonyl (C=O) groups excluding carboxylic acids is 2. The molecule has 0 spiro atoms. The zero-order chi connectivity index (χ0) is 21.3. The molecule has 150 valence electrons. The maximum atomic E-state index is 12.6. The molecular weight excluding hydrogens is 376 g/mol. The molecule has 0 heterocycles. The van der Waals surface area contributed by atoms with Gasteiger partial charge in [-0.15, -0.1) is 0 Å². The van der Waals surface area contributed by atoms with Gasteiger partial charge in [0.1, 0.15) is 0 Å².